The van der Waals surface area contributed by atoms with Gasteiger partial charge in [0.1, 0.15) is 17.4 Å². The molecule has 70 valence electrons. The first-order valence-corrected chi connectivity index (χ1v) is 4.71. The third kappa shape index (κ3) is 1.16. The van der Waals surface area contributed by atoms with E-state index in [4.69, 9.17) is 16.9 Å². The minimum Gasteiger partial charge on any atom is -0.330 e. The van der Waals surface area contributed by atoms with E-state index in [9.17, 15) is 0 Å². The molecule has 0 amide bonds. The Bertz CT molecular complexity index is 522. The van der Waals surface area contributed by atoms with Crippen molar-refractivity contribution in [2.24, 2.45) is 7.05 Å². The number of imidazole rings is 1. The van der Waals surface area contributed by atoms with Crippen molar-refractivity contribution < 1.29 is 0 Å². The Morgan fingerprint density at radius 1 is 1.57 bits per heavy atom. The maximum absolute atomic E-state index is 8.88. The molecule has 0 saturated carbocycles. The van der Waals surface area contributed by atoms with Crippen LogP contribution in [0.3, 0.4) is 0 Å². The van der Waals surface area contributed by atoms with Crippen LogP contribution in [0.2, 0.25) is 0 Å². The topological polar surface area (TPSA) is 41.6 Å². The van der Waals surface area contributed by atoms with E-state index < -0.39 is 0 Å². The Morgan fingerprint density at radius 2 is 2.36 bits per heavy atom. The van der Waals surface area contributed by atoms with Crippen LogP contribution >= 0.6 is 11.6 Å². The normalized spacial score (nSPS) is 10.4. The zero-order valence-corrected chi connectivity index (χ0v) is 8.41. The number of nitrogens with zero attached hydrogens (tertiary/aromatic N) is 3. The number of para-hydroxylation sites is 1. The summed E-state index contributed by atoms with van der Waals surface area (Å²) in [6.07, 6.45) is 0. The van der Waals surface area contributed by atoms with E-state index in [0.29, 0.717) is 11.4 Å². The highest BCUT2D eigenvalue weighted by Gasteiger charge is 2.09. The molecule has 0 aliphatic heterocycles. The average Bonchev–Trinajstić information content (AvgIpc) is 2.55. The standard InChI is InChI=1S/C10H8ClN3/c1-14-8-4-2-3-7(6-12)10(8)13-9(14)5-11/h2-4H,5H2,1H3. The van der Waals surface area contributed by atoms with E-state index in [1.54, 1.807) is 6.07 Å². The van der Waals surface area contributed by atoms with E-state index >= 15 is 0 Å². The zero-order valence-electron chi connectivity index (χ0n) is 7.66. The second kappa shape index (κ2) is 3.32. The highest BCUT2D eigenvalue weighted by molar-refractivity contribution is 6.16. The van der Waals surface area contributed by atoms with Crippen LogP contribution in [-0.4, -0.2) is 9.55 Å². The average molecular weight is 206 g/mol. The minimum atomic E-state index is 0.357. The molecule has 14 heavy (non-hydrogen) atoms. The van der Waals surface area contributed by atoms with E-state index in [2.05, 4.69) is 11.1 Å². The van der Waals surface area contributed by atoms with Crippen LogP contribution in [0.5, 0.6) is 0 Å². The number of aryl methyl sites for hydroxylation is 1. The number of fused-ring (bicyclic) bond motifs is 1. The van der Waals surface area contributed by atoms with Crippen LogP contribution in [0.25, 0.3) is 11.0 Å². The first-order chi connectivity index (χ1) is 6.77. The van der Waals surface area contributed by atoms with Crippen LogP contribution in [0, 0.1) is 11.3 Å². The Hall–Kier alpha value is -1.53. The Morgan fingerprint density at radius 3 is 3.00 bits per heavy atom. The van der Waals surface area contributed by atoms with Crippen LogP contribution < -0.4 is 0 Å². The number of hydrogen-bond donors (Lipinski definition) is 0. The molecule has 3 nitrogen and oxygen atoms in total. The predicted molar refractivity (Wildman–Crippen MR) is 55.0 cm³/mol. The summed E-state index contributed by atoms with van der Waals surface area (Å²) in [4.78, 5) is 4.31. The van der Waals surface area contributed by atoms with Crippen LogP contribution in [0.15, 0.2) is 18.2 Å². The molecule has 1 aromatic heterocycles. The molecule has 4 heteroatoms. The van der Waals surface area contributed by atoms with Gasteiger partial charge in [0.2, 0.25) is 0 Å². The molecule has 2 rings (SSSR count). The highest BCUT2D eigenvalue weighted by atomic mass is 35.5. The summed E-state index contributed by atoms with van der Waals surface area (Å²) in [7, 11) is 1.90. The molecule has 2 aromatic rings. The molecule has 0 saturated heterocycles. The fraction of sp³-hybridized carbons (Fsp3) is 0.200. The van der Waals surface area contributed by atoms with Gasteiger partial charge < -0.3 is 4.57 Å². The lowest BCUT2D eigenvalue weighted by atomic mass is 10.2. The molecule has 0 aliphatic rings. The van der Waals surface area contributed by atoms with Gasteiger partial charge >= 0.3 is 0 Å². The van der Waals surface area contributed by atoms with E-state index in [0.717, 1.165) is 16.9 Å². The molecule has 1 heterocycles. The summed E-state index contributed by atoms with van der Waals surface area (Å²) < 4.78 is 1.91. The molecule has 0 atom stereocenters. The lowest BCUT2D eigenvalue weighted by molar-refractivity contribution is 0.874. The quantitative estimate of drug-likeness (QED) is 0.670. The molecular formula is C10H8ClN3. The molecule has 0 bridgehead atoms. The second-order valence-electron chi connectivity index (χ2n) is 3.01. The third-order valence-corrected chi connectivity index (χ3v) is 2.48. The molecule has 1 aromatic carbocycles. The van der Waals surface area contributed by atoms with E-state index in [1.807, 2.05) is 23.7 Å². The van der Waals surface area contributed by atoms with Gasteiger partial charge in [-0.2, -0.15) is 5.26 Å². The smallest absolute Gasteiger partial charge is 0.124 e. The van der Waals surface area contributed by atoms with Crippen molar-refractivity contribution in [3.63, 3.8) is 0 Å². The summed E-state index contributed by atoms with van der Waals surface area (Å²) in [5.74, 6) is 1.14. The molecule has 0 unspecified atom stereocenters. The largest absolute Gasteiger partial charge is 0.330 e. The van der Waals surface area contributed by atoms with Gasteiger partial charge in [-0.1, -0.05) is 6.07 Å². The predicted octanol–water partition coefficient (Wildman–Crippen LogP) is 2.18. The fourth-order valence-corrected chi connectivity index (χ4v) is 1.71. The number of aromatic nitrogens is 2. The van der Waals surface area contributed by atoms with Crippen LogP contribution in [0.4, 0.5) is 0 Å². The maximum Gasteiger partial charge on any atom is 0.124 e. The van der Waals surface area contributed by atoms with E-state index in [1.165, 1.54) is 0 Å². The van der Waals surface area contributed by atoms with Crippen molar-refractivity contribution >= 4 is 22.6 Å². The van der Waals surface area contributed by atoms with Crippen molar-refractivity contribution in [1.82, 2.24) is 9.55 Å². The number of rotatable bonds is 1. The van der Waals surface area contributed by atoms with Crippen molar-refractivity contribution in [2.45, 2.75) is 5.88 Å². The van der Waals surface area contributed by atoms with Crippen LogP contribution in [-0.2, 0) is 12.9 Å². The maximum atomic E-state index is 8.88. The number of alkyl halides is 1. The molecule has 0 spiro atoms. The fourth-order valence-electron chi connectivity index (χ4n) is 1.47. The highest BCUT2D eigenvalue weighted by Crippen LogP contribution is 2.19. The Kier molecular flexibility index (Phi) is 2.14. The van der Waals surface area contributed by atoms with E-state index in [-0.39, 0.29) is 0 Å². The van der Waals surface area contributed by atoms with Gasteiger partial charge in [0.05, 0.1) is 17.0 Å². The Labute approximate surface area is 86.5 Å². The first kappa shape index (κ1) is 9.04. The van der Waals surface area contributed by atoms with Crippen molar-refractivity contribution in [3.8, 4) is 6.07 Å². The van der Waals surface area contributed by atoms with Gasteiger partial charge in [-0.05, 0) is 12.1 Å². The SMILES string of the molecule is Cn1c(CCl)nc2c(C#N)cccc21. The van der Waals surface area contributed by atoms with Gasteiger partial charge in [-0.3, -0.25) is 0 Å². The minimum absolute atomic E-state index is 0.357. The lowest BCUT2D eigenvalue weighted by Gasteiger charge is -1.96. The van der Waals surface area contributed by atoms with Gasteiger partial charge in [-0.15, -0.1) is 11.6 Å². The van der Waals surface area contributed by atoms with Gasteiger partial charge in [0.25, 0.3) is 0 Å². The number of halogens is 1. The lowest BCUT2D eigenvalue weighted by Crippen LogP contribution is -1.93. The molecular weight excluding hydrogens is 198 g/mol. The summed E-state index contributed by atoms with van der Waals surface area (Å²) >= 11 is 5.73. The second-order valence-corrected chi connectivity index (χ2v) is 3.27. The molecule has 0 radical (unpaired) electrons. The summed E-state index contributed by atoms with van der Waals surface area (Å²) in [5, 5.41) is 8.88. The number of benzene rings is 1. The first-order valence-electron chi connectivity index (χ1n) is 4.18. The molecule has 0 N–H and O–H groups in total. The van der Waals surface area contributed by atoms with Crippen molar-refractivity contribution in [1.29, 1.82) is 5.26 Å². The van der Waals surface area contributed by atoms with Crippen molar-refractivity contribution in [2.75, 3.05) is 0 Å². The summed E-state index contributed by atoms with van der Waals surface area (Å²) in [6.45, 7) is 0. The van der Waals surface area contributed by atoms with Crippen molar-refractivity contribution in [3.05, 3.63) is 29.6 Å². The molecule has 0 aliphatic carbocycles. The third-order valence-electron chi connectivity index (χ3n) is 2.24. The monoisotopic (exact) mass is 205 g/mol. The number of nitriles is 1. The zero-order chi connectivity index (χ0) is 10.1. The number of hydrogen-bond acceptors (Lipinski definition) is 2. The summed E-state index contributed by atoms with van der Waals surface area (Å²) in [5.41, 5.74) is 2.27. The Balaban J connectivity index is 2.85. The molecule has 0 fully saturated rings. The van der Waals surface area contributed by atoms with Gasteiger partial charge in [0, 0.05) is 7.05 Å². The van der Waals surface area contributed by atoms with Gasteiger partial charge in [-0.25, -0.2) is 4.98 Å². The summed E-state index contributed by atoms with van der Waals surface area (Å²) in [6, 6.07) is 7.65. The van der Waals surface area contributed by atoms with Gasteiger partial charge in [0.15, 0.2) is 0 Å². The van der Waals surface area contributed by atoms with Crippen LogP contribution in [0.1, 0.15) is 11.4 Å².